The van der Waals surface area contributed by atoms with Gasteiger partial charge in [0.25, 0.3) is 5.91 Å². The highest BCUT2D eigenvalue weighted by molar-refractivity contribution is 6.06. The van der Waals surface area contributed by atoms with Crippen LogP contribution in [0.4, 0.5) is 4.39 Å². The molecule has 1 aromatic carbocycles. The molecule has 0 bridgehead atoms. The SMILES string of the molecule is COc1ccc(C2CCCN2C(=O)c2ccc(F)c3occc23)nc1. The van der Waals surface area contributed by atoms with Gasteiger partial charge in [-0.15, -0.1) is 0 Å². The number of benzene rings is 1. The molecule has 1 unspecified atom stereocenters. The molecular weight excluding hydrogens is 323 g/mol. The number of fused-ring (bicyclic) bond motifs is 1. The minimum Gasteiger partial charge on any atom is -0.495 e. The maximum atomic E-state index is 13.8. The van der Waals surface area contributed by atoms with Crippen LogP contribution < -0.4 is 4.74 Å². The average molecular weight is 340 g/mol. The third-order valence-corrected chi connectivity index (χ3v) is 4.65. The van der Waals surface area contributed by atoms with Crippen LogP contribution in [0.15, 0.2) is 47.2 Å². The smallest absolute Gasteiger partial charge is 0.255 e. The molecule has 1 atom stereocenters. The van der Waals surface area contributed by atoms with Crippen LogP contribution in [-0.2, 0) is 0 Å². The second-order valence-electron chi connectivity index (χ2n) is 6.04. The fourth-order valence-electron chi connectivity index (χ4n) is 3.40. The van der Waals surface area contributed by atoms with Crippen molar-refractivity contribution >= 4 is 16.9 Å². The van der Waals surface area contributed by atoms with Crippen molar-refractivity contribution in [3.05, 3.63) is 59.9 Å². The van der Waals surface area contributed by atoms with Gasteiger partial charge < -0.3 is 14.1 Å². The largest absolute Gasteiger partial charge is 0.495 e. The highest BCUT2D eigenvalue weighted by Gasteiger charge is 2.32. The van der Waals surface area contributed by atoms with E-state index in [0.29, 0.717) is 23.2 Å². The molecule has 3 aromatic rings. The Hall–Kier alpha value is -2.89. The summed E-state index contributed by atoms with van der Waals surface area (Å²) in [5.74, 6) is 0.0797. The van der Waals surface area contributed by atoms with Gasteiger partial charge in [-0.05, 0) is 43.2 Å². The number of hydrogen-bond donors (Lipinski definition) is 0. The minimum atomic E-state index is -0.466. The first-order valence-electron chi connectivity index (χ1n) is 8.15. The average Bonchev–Trinajstić information content (AvgIpc) is 3.31. The van der Waals surface area contributed by atoms with E-state index in [1.54, 1.807) is 24.3 Å². The molecule has 0 spiro atoms. The van der Waals surface area contributed by atoms with Crippen molar-refractivity contribution in [1.82, 2.24) is 9.88 Å². The van der Waals surface area contributed by atoms with Crippen LogP contribution in [0.3, 0.4) is 0 Å². The molecule has 1 amide bonds. The Balaban J connectivity index is 1.68. The Morgan fingerprint density at radius 3 is 2.96 bits per heavy atom. The molecule has 25 heavy (non-hydrogen) atoms. The molecule has 1 aliphatic heterocycles. The molecule has 0 radical (unpaired) electrons. The number of halogens is 1. The number of likely N-dealkylation sites (tertiary alicyclic amines) is 1. The van der Waals surface area contributed by atoms with E-state index < -0.39 is 5.82 Å². The topological polar surface area (TPSA) is 55.6 Å². The molecule has 128 valence electrons. The summed E-state index contributed by atoms with van der Waals surface area (Å²) in [5, 5.41) is 0.498. The van der Waals surface area contributed by atoms with Gasteiger partial charge in [-0.25, -0.2) is 4.39 Å². The number of amides is 1. The summed E-state index contributed by atoms with van der Waals surface area (Å²) in [6, 6.07) is 8.05. The molecule has 6 heteroatoms. The number of rotatable bonds is 3. The summed E-state index contributed by atoms with van der Waals surface area (Å²) in [7, 11) is 1.59. The Labute approximate surface area is 144 Å². The van der Waals surface area contributed by atoms with Crippen molar-refractivity contribution in [3.8, 4) is 5.75 Å². The van der Waals surface area contributed by atoms with Gasteiger partial charge in [0.15, 0.2) is 11.4 Å². The highest BCUT2D eigenvalue weighted by atomic mass is 19.1. The van der Waals surface area contributed by atoms with Gasteiger partial charge in [0.05, 0.1) is 36.9 Å². The Bertz CT molecular complexity index is 920. The number of hydrogen-bond acceptors (Lipinski definition) is 4. The van der Waals surface area contributed by atoms with Gasteiger partial charge >= 0.3 is 0 Å². The number of aromatic nitrogens is 1. The van der Waals surface area contributed by atoms with Gasteiger partial charge in [0.1, 0.15) is 5.75 Å². The first kappa shape index (κ1) is 15.6. The summed E-state index contributed by atoms with van der Waals surface area (Å²) >= 11 is 0. The number of nitrogens with zero attached hydrogens (tertiary/aromatic N) is 2. The van der Waals surface area contributed by atoms with Gasteiger partial charge in [-0.3, -0.25) is 9.78 Å². The molecule has 3 heterocycles. The molecule has 0 saturated carbocycles. The molecule has 5 nitrogen and oxygen atoms in total. The second kappa shape index (κ2) is 6.20. The highest BCUT2D eigenvalue weighted by Crippen LogP contribution is 2.34. The van der Waals surface area contributed by atoms with Gasteiger partial charge in [-0.2, -0.15) is 0 Å². The van der Waals surface area contributed by atoms with E-state index >= 15 is 0 Å². The van der Waals surface area contributed by atoms with Crippen LogP contribution in [0.2, 0.25) is 0 Å². The zero-order valence-electron chi connectivity index (χ0n) is 13.7. The van der Waals surface area contributed by atoms with Gasteiger partial charge in [0, 0.05) is 11.9 Å². The number of carbonyl (C=O) groups excluding carboxylic acids is 1. The van der Waals surface area contributed by atoms with Crippen LogP contribution in [0, 0.1) is 5.82 Å². The predicted molar refractivity (Wildman–Crippen MR) is 90.0 cm³/mol. The van der Waals surface area contributed by atoms with E-state index in [1.165, 1.54) is 18.4 Å². The van der Waals surface area contributed by atoms with E-state index in [9.17, 15) is 9.18 Å². The molecule has 1 fully saturated rings. The molecule has 2 aromatic heterocycles. The van der Waals surface area contributed by atoms with Crippen molar-refractivity contribution in [1.29, 1.82) is 0 Å². The van der Waals surface area contributed by atoms with Crippen molar-refractivity contribution < 1.29 is 18.3 Å². The third kappa shape index (κ3) is 2.63. The fraction of sp³-hybridized carbons (Fsp3) is 0.263. The Morgan fingerprint density at radius 2 is 2.20 bits per heavy atom. The zero-order valence-corrected chi connectivity index (χ0v) is 13.7. The van der Waals surface area contributed by atoms with Crippen molar-refractivity contribution in [2.45, 2.75) is 18.9 Å². The summed E-state index contributed by atoms with van der Waals surface area (Å²) in [6.07, 6.45) is 4.81. The van der Waals surface area contributed by atoms with Crippen LogP contribution >= 0.6 is 0 Å². The number of pyridine rings is 1. The summed E-state index contributed by atoms with van der Waals surface area (Å²) < 4.78 is 24.1. The lowest BCUT2D eigenvalue weighted by Gasteiger charge is -2.24. The zero-order chi connectivity index (χ0) is 17.4. The number of carbonyl (C=O) groups is 1. The number of methoxy groups -OCH3 is 1. The maximum absolute atomic E-state index is 13.8. The molecule has 1 saturated heterocycles. The van der Waals surface area contributed by atoms with Crippen LogP contribution in [0.25, 0.3) is 11.0 Å². The number of ether oxygens (including phenoxy) is 1. The maximum Gasteiger partial charge on any atom is 0.255 e. The van der Waals surface area contributed by atoms with E-state index in [1.807, 2.05) is 12.1 Å². The molecular formula is C19H17FN2O3. The lowest BCUT2D eigenvalue weighted by molar-refractivity contribution is 0.0735. The molecule has 0 N–H and O–H groups in total. The van der Waals surface area contributed by atoms with Gasteiger partial charge in [0.2, 0.25) is 0 Å². The second-order valence-corrected chi connectivity index (χ2v) is 6.04. The minimum absolute atomic E-state index is 0.0922. The quantitative estimate of drug-likeness (QED) is 0.724. The Kier molecular flexibility index (Phi) is 3.87. The van der Waals surface area contributed by atoms with Crippen molar-refractivity contribution in [3.63, 3.8) is 0 Å². The lowest BCUT2D eigenvalue weighted by Crippen LogP contribution is -2.31. The number of furan rings is 1. The van der Waals surface area contributed by atoms with E-state index in [2.05, 4.69) is 4.98 Å². The van der Waals surface area contributed by atoms with Crippen molar-refractivity contribution in [2.24, 2.45) is 0 Å². The summed E-state index contributed by atoms with van der Waals surface area (Å²) in [4.78, 5) is 19.3. The third-order valence-electron chi connectivity index (χ3n) is 4.65. The van der Waals surface area contributed by atoms with E-state index in [-0.39, 0.29) is 17.5 Å². The van der Waals surface area contributed by atoms with Crippen LogP contribution in [-0.4, -0.2) is 29.4 Å². The predicted octanol–water partition coefficient (Wildman–Crippen LogP) is 3.95. The van der Waals surface area contributed by atoms with E-state index in [4.69, 9.17) is 9.15 Å². The van der Waals surface area contributed by atoms with Gasteiger partial charge in [-0.1, -0.05) is 0 Å². The first-order valence-corrected chi connectivity index (χ1v) is 8.15. The van der Waals surface area contributed by atoms with Crippen LogP contribution in [0.5, 0.6) is 5.75 Å². The monoisotopic (exact) mass is 340 g/mol. The standard InChI is InChI=1S/C19H17FN2O3/c1-24-12-4-7-16(21-11-12)17-3-2-9-22(17)19(23)14-5-6-15(20)18-13(14)8-10-25-18/h4-8,10-11,17H,2-3,9H2,1H3. The normalized spacial score (nSPS) is 17.2. The first-order chi connectivity index (χ1) is 12.2. The Morgan fingerprint density at radius 1 is 1.32 bits per heavy atom. The molecule has 4 rings (SSSR count). The van der Waals surface area contributed by atoms with Crippen molar-refractivity contribution in [2.75, 3.05) is 13.7 Å². The fourth-order valence-corrected chi connectivity index (χ4v) is 3.40. The van der Waals surface area contributed by atoms with Crippen LogP contribution in [0.1, 0.15) is 34.9 Å². The lowest BCUT2D eigenvalue weighted by atomic mass is 10.1. The molecule has 1 aliphatic rings. The van der Waals surface area contributed by atoms with E-state index in [0.717, 1.165) is 18.5 Å². The molecule has 0 aliphatic carbocycles. The summed E-state index contributed by atoms with van der Waals surface area (Å²) in [5.41, 5.74) is 1.40. The summed E-state index contributed by atoms with van der Waals surface area (Å²) in [6.45, 7) is 0.647.